The van der Waals surface area contributed by atoms with E-state index in [0.29, 0.717) is 10.6 Å². The van der Waals surface area contributed by atoms with Crippen LogP contribution < -0.4 is 16.4 Å². The van der Waals surface area contributed by atoms with Crippen molar-refractivity contribution < 1.29 is 4.79 Å². The van der Waals surface area contributed by atoms with E-state index in [1.807, 2.05) is 24.1 Å². The summed E-state index contributed by atoms with van der Waals surface area (Å²) in [4.78, 5) is 17.6. The van der Waals surface area contributed by atoms with Crippen LogP contribution in [0.4, 0.5) is 10.7 Å². The van der Waals surface area contributed by atoms with Crippen LogP contribution in [0.15, 0.2) is 17.3 Å². The number of nitrogens with one attached hydrogen (secondary N) is 2. The fourth-order valence-electron chi connectivity index (χ4n) is 1.96. The number of nitrogens with two attached hydrogens (primary N) is 1. The van der Waals surface area contributed by atoms with Crippen LogP contribution in [0.1, 0.15) is 15.5 Å². The number of carbonyl (C=O) groups excluding carboxylic acids is 1. The fourth-order valence-corrected chi connectivity index (χ4v) is 3.96. The molecule has 0 aliphatic carbocycles. The lowest BCUT2D eigenvalue weighted by atomic mass is 10.3. The number of nitrogen functional groups attached to an aromatic ring is 1. The monoisotopic (exact) mass is 325 g/mol. The number of imidazole rings is 1. The van der Waals surface area contributed by atoms with Gasteiger partial charge >= 0.3 is 0 Å². The summed E-state index contributed by atoms with van der Waals surface area (Å²) in [5.74, 6) is 0.870. The van der Waals surface area contributed by atoms with E-state index in [4.69, 9.17) is 5.73 Å². The number of anilines is 2. The molecule has 0 aliphatic rings. The predicted molar refractivity (Wildman–Crippen MR) is 89.3 cm³/mol. The number of rotatable bonds is 6. The van der Waals surface area contributed by atoms with Crippen LogP contribution in [0.5, 0.6) is 0 Å². The maximum Gasteiger partial charge on any atom is 0.263 e. The molecule has 0 unspecified atom stereocenters. The molecule has 0 saturated heterocycles. The van der Waals surface area contributed by atoms with Gasteiger partial charge in [-0.15, -0.1) is 23.1 Å². The van der Waals surface area contributed by atoms with Gasteiger partial charge in [-0.05, 0) is 6.26 Å². The predicted octanol–water partition coefficient (Wildman–Crippen LogP) is 1.80. The highest BCUT2D eigenvalue weighted by Gasteiger charge is 2.19. The fraction of sp³-hybridized carbons (Fsp3) is 0.385. The molecule has 0 spiro atoms. The molecular formula is C13H19N5OS2. The van der Waals surface area contributed by atoms with Crippen molar-refractivity contribution in [2.24, 2.45) is 7.05 Å². The quantitative estimate of drug-likeness (QED) is 0.705. The largest absolute Gasteiger partial charge is 0.396 e. The molecule has 0 saturated carbocycles. The van der Waals surface area contributed by atoms with Crippen molar-refractivity contribution in [1.29, 1.82) is 0 Å². The number of amides is 1. The Balaban J connectivity index is 2.09. The Morgan fingerprint density at radius 2 is 2.33 bits per heavy atom. The molecule has 21 heavy (non-hydrogen) atoms. The van der Waals surface area contributed by atoms with Crippen molar-refractivity contribution in [2.75, 3.05) is 30.9 Å². The van der Waals surface area contributed by atoms with Crippen molar-refractivity contribution in [1.82, 2.24) is 14.9 Å². The van der Waals surface area contributed by atoms with E-state index in [1.54, 1.807) is 25.0 Å². The van der Waals surface area contributed by atoms with Crippen LogP contribution >= 0.6 is 23.1 Å². The summed E-state index contributed by atoms with van der Waals surface area (Å²) in [6.07, 6.45) is 6.48. The van der Waals surface area contributed by atoms with E-state index in [2.05, 4.69) is 15.6 Å². The van der Waals surface area contributed by atoms with E-state index in [1.165, 1.54) is 11.3 Å². The number of nitrogens with zero attached hydrogens (tertiary/aromatic N) is 2. The molecule has 2 aromatic heterocycles. The smallest absolute Gasteiger partial charge is 0.263 e. The first-order valence-corrected chi connectivity index (χ1v) is 8.51. The maximum atomic E-state index is 11.8. The van der Waals surface area contributed by atoms with Gasteiger partial charge in [-0.1, -0.05) is 0 Å². The molecule has 2 heterocycles. The molecule has 2 aromatic rings. The molecule has 0 atom stereocenters. The second-order valence-corrected chi connectivity index (χ2v) is 6.25. The highest BCUT2D eigenvalue weighted by Crippen LogP contribution is 2.41. The second kappa shape index (κ2) is 6.86. The van der Waals surface area contributed by atoms with E-state index < -0.39 is 0 Å². The summed E-state index contributed by atoms with van der Waals surface area (Å²) in [7, 11) is 3.58. The number of thiophene rings is 1. The molecule has 0 fully saturated rings. The normalized spacial score (nSPS) is 10.6. The Morgan fingerprint density at radius 3 is 2.90 bits per heavy atom. The van der Waals surface area contributed by atoms with Crippen molar-refractivity contribution in [3.8, 4) is 0 Å². The molecule has 8 heteroatoms. The van der Waals surface area contributed by atoms with Crippen molar-refractivity contribution in [2.45, 2.75) is 11.3 Å². The zero-order chi connectivity index (χ0) is 15.4. The van der Waals surface area contributed by atoms with Crippen molar-refractivity contribution >= 4 is 39.7 Å². The lowest BCUT2D eigenvalue weighted by Crippen LogP contribution is -2.17. The van der Waals surface area contributed by atoms with Gasteiger partial charge in [-0.25, -0.2) is 4.98 Å². The number of aryl methyl sites for hydroxylation is 1. The topological polar surface area (TPSA) is 85.0 Å². The average molecular weight is 325 g/mol. The van der Waals surface area contributed by atoms with E-state index in [9.17, 15) is 4.79 Å². The van der Waals surface area contributed by atoms with Gasteiger partial charge in [0.25, 0.3) is 5.91 Å². The van der Waals surface area contributed by atoms with Crippen LogP contribution in [0.3, 0.4) is 0 Å². The molecule has 0 radical (unpaired) electrons. The minimum Gasteiger partial charge on any atom is -0.396 e. The molecule has 4 N–H and O–H groups in total. The Hall–Kier alpha value is -1.67. The number of carbonyl (C=O) groups is 1. The summed E-state index contributed by atoms with van der Waals surface area (Å²) in [5, 5.41) is 6.91. The van der Waals surface area contributed by atoms with Crippen molar-refractivity contribution in [3.05, 3.63) is 23.1 Å². The second-order valence-electron chi connectivity index (χ2n) is 4.42. The summed E-state index contributed by atoms with van der Waals surface area (Å²) in [6.45, 7) is 0.742. The van der Waals surface area contributed by atoms with Gasteiger partial charge in [-0.2, -0.15) is 0 Å². The summed E-state index contributed by atoms with van der Waals surface area (Å²) in [5.41, 5.74) is 6.60. The van der Waals surface area contributed by atoms with Gasteiger partial charge in [0.2, 0.25) is 0 Å². The SMILES string of the molecule is CNC(=O)c1sc(NCCc2nccn2C)c(SC)c1N. The Kier molecular flexibility index (Phi) is 5.13. The molecule has 0 aliphatic heterocycles. The maximum absolute atomic E-state index is 11.8. The van der Waals surface area contributed by atoms with Gasteiger partial charge < -0.3 is 20.9 Å². The summed E-state index contributed by atoms with van der Waals surface area (Å²) in [6, 6.07) is 0. The molecular weight excluding hydrogens is 306 g/mol. The van der Waals surface area contributed by atoms with Gasteiger partial charge in [0.15, 0.2) is 0 Å². The number of thioether (sulfide) groups is 1. The molecule has 2 rings (SSSR count). The first-order chi connectivity index (χ1) is 10.1. The zero-order valence-electron chi connectivity index (χ0n) is 12.3. The third-order valence-corrected chi connectivity index (χ3v) is 5.22. The van der Waals surface area contributed by atoms with Crippen LogP contribution in [-0.4, -0.2) is 35.3 Å². The van der Waals surface area contributed by atoms with E-state index >= 15 is 0 Å². The van der Waals surface area contributed by atoms with E-state index in [0.717, 1.165) is 28.7 Å². The lowest BCUT2D eigenvalue weighted by molar-refractivity contribution is 0.0968. The standard InChI is InChI=1S/C13H19N5OS2/c1-15-12(19)10-9(14)11(20-3)13(21-10)17-5-4-8-16-6-7-18(8)2/h6-7,17H,4-5,14H2,1-3H3,(H,15,19). The molecule has 0 bridgehead atoms. The third kappa shape index (κ3) is 3.33. The van der Waals surface area contributed by atoms with Crippen molar-refractivity contribution in [3.63, 3.8) is 0 Å². The molecule has 6 nitrogen and oxygen atoms in total. The molecule has 0 aromatic carbocycles. The average Bonchev–Trinajstić information content (AvgIpc) is 3.02. The van der Waals surface area contributed by atoms with Gasteiger partial charge in [0.05, 0.1) is 10.6 Å². The van der Waals surface area contributed by atoms with E-state index in [-0.39, 0.29) is 5.91 Å². The van der Waals surface area contributed by atoms with Gasteiger partial charge in [0, 0.05) is 39.5 Å². The molecule has 114 valence electrons. The number of aromatic nitrogens is 2. The summed E-state index contributed by atoms with van der Waals surface area (Å²) >= 11 is 2.93. The van der Waals surface area contributed by atoms with Gasteiger partial charge in [-0.3, -0.25) is 4.79 Å². The lowest BCUT2D eigenvalue weighted by Gasteiger charge is -2.06. The first kappa shape index (κ1) is 15.7. The Morgan fingerprint density at radius 1 is 1.57 bits per heavy atom. The van der Waals surface area contributed by atoms with Gasteiger partial charge in [0.1, 0.15) is 15.7 Å². The van der Waals surface area contributed by atoms with Crippen LogP contribution in [0, 0.1) is 0 Å². The third-order valence-electron chi connectivity index (χ3n) is 3.09. The highest BCUT2D eigenvalue weighted by molar-refractivity contribution is 7.99. The Labute approximate surface area is 132 Å². The van der Waals surface area contributed by atoms with Crippen LogP contribution in [0.2, 0.25) is 0 Å². The number of hydrogen-bond donors (Lipinski definition) is 3. The number of hydrogen-bond acceptors (Lipinski definition) is 6. The van der Waals surface area contributed by atoms with Crippen LogP contribution in [0.25, 0.3) is 0 Å². The summed E-state index contributed by atoms with van der Waals surface area (Å²) < 4.78 is 2.00. The minimum atomic E-state index is -0.148. The first-order valence-electron chi connectivity index (χ1n) is 6.46. The van der Waals surface area contributed by atoms with Crippen LogP contribution in [-0.2, 0) is 13.5 Å². The molecule has 1 amide bonds. The Bertz CT molecular complexity index is 635. The zero-order valence-corrected chi connectivity index (χ0v) is 13.9. The minimum absolute atomic E-state index is 0.148. The highest BCUT2D eigenvalue weighted by atomic mass is 32.2.